The van der Waals surface area contributed by atoms with Crippen LogP contribution in [0.25, 0.3) is 0 Å². The van der Waals surface area contributed by atoms with Gasteiger partial charge in [0.25, 0.3) is 5.91 Å². The summed E-state index contributed by atoms with van der Waals surface area (Å²) in [5, 5.41) is 0. The first kappa shape index (κ1) is 17.5. The number of amides is 1. The third-order valence-electron chi connectivity index (χ3n) is 4.95. The zero-order valence-corrected chi connectivity index (χ0v) is 15.3. The van der Waals surface area contributed by atoms with E-state index in [1.807, 2.05) is 35.2 Å². The third kappa shape index (κ3) is 3.79. The molecule has 142 valence electrons. The minimum atomic E-state index is -0.0109. The summed E-state index contributed by atoms with van der Waals surface area (Å²) < 4.78 is 22.1. The van der Waals surface area contributed by atoms with E-state index in [0.717, 1.165) is 42.2 Å². The lowest BCUT2D eigenvalue weighted by molar-refractivity contribution is -0.134. The number of fused-ring (bicyclic) bond motifs is 1. The maximum absolute atomic E-state index is 12.7. The lowest BCUT2D eigenvalue weighted by Gasteiger charge is -2.26. The van der Waals surface area contributed by atoms with Crippen molar-refractivity contribution in [1.82, 2.24) is 4.90 Å². The van der Waals surface area contributed by atoms with Gasteiger partial charge in [-0.25, -0.2) is 0 Å². The Labute approximate surface area is 158 Å². The van der Waals surface area contributed by atoms with Gasteiger partial charge < -0.3 is 23.8 Å². The molecule has 0 aliphatic carbocycles. The summed E-state index contributed by atoms with van der Waals surface area (Å²) in [5.41, 5.74) is 1.08. The first-order valence-electron chi connectivity index (χ1n) is 9.20. The molecule has 2 aliphatic heterocycles. The standard InChI is InChI=1S/C21H23NO5/c1-24-16-5-7-17(8-6-16)27-14-21(23)22-10-2-3-18(22)15-4-9-19-20(13-15)26-12-11-25-19/h4-9,13,18H,2-3,10-12,14H2,1H3. The molecule has 2 aromatic carbocycles. The van der Waals surface area contributed by atoms with Gasteiger partial charge in [-0.15, -0.1) is 0 Å². The Morgan fingerprint density at radius 3 is 2.59 bits per heavy atom. The molecule has 6 heteroatoms. The van der Waals surface area contributed by atoms with Gasteiger partial charge in [-0.3, -0.25) is 4.79 Å². The van der Waals surface area contributed by atoms with Gasteiger partial charge in [-0.2, -0.15) is 0 Å². The molecular formula is C21H23NO5. The molecule has 1 unspecified atom stereocenters. The van der Waals surface area contributed by atoms with E-state index in [1.165, 1.54) is 0 Å². The Bertz CT molecular complexity index is 805. The fraction of sp³-hybridized carbons (Fsp3) is 0.381. The van der Waals surface area contributed by atoms with Crippen LogP contribution in [0.15, 0.2) is 42.5 Å². The van der Waals surface area contributed by atoms with E-state index in [9.17, 15) is 4.79 Å². The highest BCUT2D eigenvalue weighted by Gasteiger charge is 2.31. The Balaban J connectivity index is 1.42. The highest BCUT2D eigenvalue weighted by molar-refractivity contribution is 5.78. The van der Waals surface area contributed by atoms with Gasteiger partial charge in [0.2, 0.25) is 0 Å². The molecule has 0 spiro atoms. The topological polar surface area (TPSA) is 57.2 Å². The molecule has 1 saturated heterocycles. The molecule has 27 heavy (non-hydrogen) atoms. The summed E-state index contributed by atoms with van der Waals surface area (Å²) in [5.74, 6) is 2.92. The first-order valence-corrected chi connectivity index (χ1v) is 9.20. The maximum atomic E-state index is 12.7. The largest absolute Gasteiger partial charge is 0.497 e. The minimum absolute atomic E-state index is 0.0109. The molecule has 2 aliphatic rings. The van der Waals surface area contributed by atoms with Crippen molar-refractivity contribution in [2.75, 3.05) is 33.5 Å². The lowest BCUT2D eigenvalue weighted by Crippen LogP contribution is -2.34. The summed E-state index contributed by atoms with van der Waals surface area (Å²) in [6.45, 7) is 1.89. The average Bonchev–Trinajstić information content (AvgIpc) is 3.22. The Kier molecular flexibility index (Phi) is 5.05. The normalized spacial score (nSPS) is 18.3. The number of benzene rings is 2. The number of hydrogen-bond donors (Lipinski definition) is 0. The smallest absolute Gasteiger partial charge is 0.261 e. The van der Waals surface area contributed by atoms with Crippen LogP contribution in [0.3, 0.4) is 0 Å². The van der Waals surface area contributed by atoms with Crippen LogP contribution in [-0.4, -0.2) is 44.3 Å². The Morgan fingerprint density at radius 1 is 1.07 bits per heavy atom. The fourth-order valence-electron chi connectivity index (χ4n) is 3.58. The summed E-state index contributed by atoms with van der Waals surface area (Å²) in [6.07, 6.45) is 1.92. The van der Waals surface area contributed by atoms with E-state index in [-0.39, 0.29) is 18.6 Å². The second-order valence-corrected chi connectivity index (χ2v) is 6.61. The molecule has 0 saturated carbocycles. The molecule has 0 aromatic heterocycles. The molecule has 2 aromatic rings. The van der Waals surface area contributed by atoms with Crippen molar-refractivity contribution in [3.63, 3.8) is 0 Å². The summed E-state index contributed by atoms with van der Waals surface area (Å²) in [6, 6.07) is 13.2. The minimum Gasteiger partial charge on any atom is -0.497 e. The van der Waals surface area contributed by atoms with Crippen molar-refractivity contribution in [3.05, 3.63) is 48.0 Å². The van der Waals surface area contributed by atoms with Crippen LogP contribution in [-0.2, 0) is 4.79 Å². The quantitative estimate of drug-likeness (QED) is 0.810. The van der Waals surface area contributed by atoms with Gasteiger partial charge in [-0.1, -0.05) is 6.07 Å². The van der Waals surface area contributed by atoms with Gasteiger partial charge in [0.15, 0.2) is 18.1 Å². The molecule has 0 N–H and O–H groups in total. The molecular weight excluding hydrogens is 346 g/mol. The van der Waals surface area contributed by atoms with E-state index in [4.69, 9.17) is 18.9 Å². The number of ether oxygens (including phenoxy) is 4. The Morgan fingerprint density at radius 2 is 1.81 bits per heavy atom. The Hall–Kier alpha value is -2.89. The molecule has 1 fully saturated rings. The first-order chi connectivity index (χ1) is 13.2. The number of likely N-dealkylation sites (tertiary alicyclic amines) is 1. The van der Waals surface area contributed by atoms with E-state index < -0.39 is 0 Å². The summed E-state index contributed by atoms with van der Waals surface area (Å²) >= 11 is 0. The number of methoxy groups -OCH3 is 1. The molecule has 4 rings (SSSR count). The van der Waals surface area contributed by atoms with Crippen LogP contribution >= 0.6 is 0 Å². The van der Waals surface area contributed by atoms with Crippen LogP contribution in [0.2, 0.25) is 0 Å². The number of nitrogens with zero attached hydrogens (tertiary/aromatic N) is 1. The SMILES string of the molecule is COc1ccc(OCC(=O)N2CCCC2c2ccc3c(c2)OCCO3)cc1. The predicted octanol–water partition coefficient (Wildman–Crippen LogP) is 3.21. The summed E-state index contributed by atoms with van der Waals surface area (Å²) in [7, 11) is 1.62. The number of rotatable bonds is 5. The van der Waals surface area contributed by atoms with Crippen molar-refractivity contribution >= 4 is 5.91 Å². The van der Waals surface area contributed by atoms with Crippen molar-refractivity contribution in [2.24, 2.45) is 0 Å². The van der Waals surface area contributed by atoms with Gasteiger partial charge in [0, 0.05) is 6.54 Å². The highest BCUT2D eigenvalue weighted by atomic mass is 16.6. The van der Waals surface area contributed by atoms with E-state index in [2.05, 4.69) is 0 Å². The lowest BCUT2D eigenvalue weighted by atomic mass is 10.0. The number of hydrogen-bond acceptors (Lipinski definition) is 5. The molecule has 1 amide bonds. The van der Waals surface area contributed by atoms with Crippen molar-refractivity contribution in [3.8, 4) is 23.0 Å². The van der Waals surface area contributed by atoms with Gasteiger partial charge in [-0.05, 0) is 54.8 Å². The van der Waals surface area contributed by atoms with Crippen molar-refractivity contribution in [1.29, 1.82) is 0 Å². The van der Waals surface area contributed by atoms with E-state index >= 15 is 0 Å². The molecule has 0 bridgehead atoms. The van der Waals surface area contributed by atoms with E-state index in [1.54, 1.807) is 19.2 Å². The molecule has 0 radical (unpaired) electrons. The molecule has 2 heterocycles. The summed E-state index contributed by atoms with van der Waals surface area (Å²) in [4.78, 5) is 14.6. The van der Waals surface area contributed by atoms with Crippen molar-refractivity contribution < 1.29 is 23.7 Å². The average molecular weight is 369 g/mol. The maximum Gasteiger partial charge on any atom is 0.261 e. The van der Waals surface area contributed by atoms with Crippen LogP contribution in [0.1, 0.15) is 24.4 Å². The van der Waals surface area contributed by atoms with Crippen LogP contribution in [0.4, 0.5) is 0 Å². The predicted molar refractivity (Wildman–Crippen MR) is 99.6 cm³/mol. The third-order valence-corrected chi connectivity index (χ3v) is 4.95. The zero-order chi connectivity index (χ0) is 18.6. The number of carbonyl (C=O) groups excluding carboxylic acids is 1. The highest BCUT2D eigenvalue weighted by Crippen LogP contribution is 2.38. The van der Waals surface area contributed by atoms with Crippen LogP contribution < -0.4 is 18.9 Å². The van der Waals surface area contributed by atoms with Crippen LogP contribution in [0.5, 0.6) is 23.0 Å². The number of carbonyl (C=O) groups is 1. The molecule has 6 nitrogen and oxygen atoms in total. The fourth-order valence-corrected chi connectivity index (χ4v) is 3.58. The van der Waals surface area contributed by atoms with Crippen molar-refractivity contribution in [2.45, 2.75) is 18.9 Å². The molecule has 1 atom stereocenters. The van der Waals surface area contributed by atoms with E-state index in [0.29, 0.717) is 19.0 Å². The second-order valence-electron chi connectivity index (χ2n) is 6.61. The van der Waals surface area contributed by atoms with Gasteiger partial charge >= 0.3 is 0 Å². The zero-order valence-electron chi connectivity index (χ0n) is 15.3. The van der Waals surface area contributed by atoms with Crippen LogP contribution in [0, 0.1) is 0 Å². The second kappa shape index (κ2) is 7.78. The van der Waals surface area contributed by atoms with Gasteiger partial charge in [0.05, 0.1) is 13.2 Å². The monoisotopic (exact) mass is 369 g/mol. The van der Waals surface area contributed by atoms with Gasteiger partial charge in [0.1, 0.15) is 24.7 Å².